The lowest BCUT2D eigenvalue weighted by molar-refractivity contribution is -0.116. The normalized spacial score (nSPS) is 10.6. The van der Waals surface area contributed by atoms with Crippen molar-refractivity contribution in [2.45, 2.75) is 6.42 Å². The standard InChI is InChI=1S/C23H18ClN3O2S/c24-18-8-1-2-10-21(18)29-13-11-22(28)26-17-7-5-6-16(14-17)20-15-30-23(27-20)19-9-3-4-12-25-19/h1-10,12,14-15H,11,13H2,(H,26,28). The van der Waals surface area contributed by atoms with Crippen LogP contribution in [0.4, 0.5) is 5.69 Å². The Morgan fingerprint density at radius 2 is 1.90 bits per heavy atom. The number of carbonyl (C=O) groups excluding carboxylic acids is 1. The summed E-state index contributed by atoms with van der Waals surface area (Å²) in [4.78, 5) is 21.3. The summed E-state index contributed by atoms with van der Waals surface area (Å²) < 4.78 is 5.58. The Hall–Kier alpha value is -3.22. The van der Waals surface area contributed by atoms with Gasteiger partial charge in [0.2, 0.25) is 5.91 Å². The molecule has 0 aliphatic heterocycles. The number of para-hydroxylation sites is 1. The molecule has 1 N–H and O–H groups in total. The van der Waals surface area contributed by atoms with Crippen molar-refractivity contribution in [2.24, 2.45) is 0 Å². The summed E-state index contributed by atoms with van der Waals surface area (Å²) in [6.45, 7) is 0.245. The minimum atomic E-state index is -0.133. The summed E-state index contributed by atoms with van der Waals surface area (Å²) in [7, 11) is 0. The van der Waals surface area contributed by atoms with Crippen LogP contribution in [0.25, 0.3) is 22.0 Å². The average molecular weight is 436 g/mol. The lowest BCUT2D eigenvalue weighted by Crippen LogP contribution is -2.15. The highest BCUT2D eigenvalue weighted by molar-refractivity contribution is 7.13. The molecule has 1 amide bonds. The van der Waals surface area contributed by atoms with E-state index in [1.807, 2.05) is 60.0 Å². The highest BCUT2D eigenvalue weighted by atomic mass is 35.5. The predicted molar refractivity (Wildman–Crippen MR) is 121 cm³/mol. The maximum Gasteiger partial charge on any atom is 0.227 e. The van der Waals surface area contributed by atoms with Gasteiger partial charge < -0.3 is 10.1 Å². The van der Waals surface area contributed by atoms with E-state index in [0.717, 1.165) is 22.0 Å². The molecule has 2 heterocycles. The zero-order chi connectivity index (χ0) is 20.8. The first-order valence-electron chi connectivity index (χ1n) is 9.33. The third-order valence-corrected chi connectivity index (χ3v) is 5.43. The number of hydrogen-bond acceptors (Lipinski definition) is 5. The maximum atomic E-state index is 12.3. The molecule has 4 rings (SSSR count). The first-order valence-corrected chi connectivity index (χ1v) is 10.6. The Morgan fingerprint density at radius 3 is 2.73 bits per heavy atom. The van der Waals surface area contributed by atoms with Crippen molar-refractivity contribution in [3.8, 4) is 27.7 Å². The molecule has 0 unspecified atom stereocenters. The molecule has 0 bridgehead atoms. The van der Waals surface area contributed by atoms with Crippen LogP contribution in [0.2, 0.25) is 5.02 Å². The van der Waals surface area contributed by atoms with Gasteiger partial charge in [0, 0.05) is 22.8 Å². The van der Waals surface area contributed by atoms with E-state index in [2.05, 4.69) is 15.3 Å². The van der Waals surface area contributed by atoms with Crippen LogP contribution in [-0.4, -0.2) is 22.5 Å². The number of anilines is 1. The van der Waals surface area contributed by atoms with Gasteiger partial charge in [-0.2, -0.15) is 0 Å². The molecule has 0 fully saturated rings. The Balaban J connectivity index is 1.37. The van der Waals surface area contributed by atoms with Crippen LogP contribution in [0.5, 0.6) is 5.75 Å². The first kappa shape index (κ1) is 20.1. The second-order valence-electron chi connectivity index (χ2n) is 6.41. The average Bonchev–Trinajstić information content (AvgIpc) is 3.26. The number of amides is 1. The van der Waals surface area contributed by atoms with Crippen LogP contribution >= 0.6 is 22.9 Å². The second-order valence-corrected chi connectivity index (χ2v) is 7.68. The van der Waals surface area contributed by atoms with Gasteiger partial charge in [-0.15, -0.1) is 11.3 Å². The molecular weight excluding hydrogens is 418 g/mol. The third kappa shape index (κ3) is 5.03. The van der Waals surface area contributed by atoms with Crippen molar-refractivity contribution in [2.75, 3.05) is 11.9 Å². The molecule has 0 radical (unpaired) electrons. The van der Waals surface area contributed by atoms with Crippen LogP contribution in [0.3, 0.4) is 0 Å². The van der Waals surface area contributed by atoms with Crippen molar-refractivity contribution in [3.05, 3.63) is 83.3 Å². The highest BCUT2D eigenvalue weighted by Gasteiger charge is 2.09. The van der Waals surface area contributed by atoms with Gasteiger partial charge in [-0.1, -0.05) is 41.9 Å². The predicted octanol–water partition coefficient (Wildman–Crippen LogP) is 5.93. The summed E-state index contributed by atoms with van der Waals surface area (Å²) in [5.41, 5.74) is 3.33. The number of nitrogens with one attached hydrogen (secondary N) is 1. The van der Waals surface area contributed by atoms with Crippen molar-refractivity contribution >= 4 is 34.5 Å². The van der Waals surface area contributed by atoms with Gasteiger partial charge in [0.1, 0.15) is 10.8 Å². The zero-order valence-electron chi connectivity index (χ0n) is 15.9. The Morgan fingerprint density at radius 1 is 1.03 bits per heavy atom. The van der Waals surface area contributed by atoms with Gasteiger partial charge in [0.15, 0.2) is 0 Å². The fourth-order valence-corrected chi connectivity index (χ4v) is 3.80. The van der Waals surface area contributed by atoms with Crippen LogP contribution in [-0.2, 0) is 4.79 Å². The number of rotatable bonds is 7. The molecule has 5 nitrogen and oxygen atoms in total. The summed E-state index contributed by atoms with van der Waals surface area (Å²) in [5.74, 6) is 0.438. The number of pyridine rings is 1. The van der Waals surface area contributed by atoms with Crippen molar-refractivity contribution in [1.29, 1.82) is 0 Å². The minimum absolute atomic E-state index is 0.133. The smallest absolute Gasteiger partial charge is 0.227 e. The molecule has 30 heavy (non-hydrogen) atoms. The zero-order valence-corrected chi connectivity index (χ0v) is 17.5. The number of halogens is 1. The van der Waals surface area contributed by atoms with E-state index < -0.39 is 0 Å². The number of nitrogens with zero attached hydrogens (tertiary/aromatic N) is 2. The maximum absolute atomic E-state index is 12.3. The topological polar surface area (TPSA) is 64.1 Å². The van der Waals surface area contributed by atoms with Crippen molar-refractivity contribution in [3.63, 3.8) is 0 Å². The molecule has 2 aromatic heterocycles. The van der Waals surface area contributed by atoms with E-state index in [1.54, 1.807) is 18.3 Å². The molecule has 0 saturated carbocycles. The monoisotopic (exact) mass is 435 g/mol. The Labute approximate surface area is 183 Å². The Bertz CT molecular complexity index is 1150. The van der Waals surface area contributed by atoms with E-state index in [4.69, 9.17) is 16.3 Å². The number of carbonyl (C=O) groups is 1. The molecular formula is C23H18ClN3O2S. The summed E-state index contributed by atoms with van der Waals surface area (Å²) in [6, 6.07) is 20.6. The molecule has 0 aliphatic rings. The minimum Gasteiger partial charge on any atom is -0.491 e. The van der Waals surface area contributed by atoms with Gasteiger partial charge in [-0.3, -0.25) is 9.78 Å². The molecule has 0 aliphatic carbocycles. The number of hydrogen-bond donors (Lipinski definition) is 1. The van der Waals surface area contributed by atoms with E-state index in [9.17, 15) is 4.79 Å². The van der Waals surface area contributed by atoms with E-state index in [-0.39, 0.29) is 18.9 Å². The third-order valence-electron chi connectivity index (χ3n) is 4.25. The summed E-state index contributed by atoms with van der Waals surface area (Å²) in [6.07, 6.45) is 1.97. The molecule has 150 valence electrons. The fourth-order valence-electron chi connectivity index (χ4n) is 2.81. The van der Waals surface area contributed by atoms with E-state index >= 15 is 0 Å². The quantitative estimate of drug-likeness (QED) is 0.390. The van der Waals surface area contributed by atoms with Gasteiger partial charge in [0.25, 0.3) is 0 Å². The van der Waals surface area contributed by atoms with Gasteiger partial charge in [-0.05, 0) is 36.4 Å². The molecule has 0 atom stereocenters. The van der Waals surface area contributed by atoms with Gasteiger partial charge in [0.05, 0.1) is 29.4 Å². The van der Waals surface area contributed by atoms with Crippen LogP contribution in [0.1, 0.15) is 6.42 Å². The summed E-state index contributed by atoms with van der Waals surface area (Å²) in [5, 5.41) is 6.28. The lowest BCUT2D eigenvalue weighted by atomic mass is 10.1. The number of benzene rings is 2. The highest BCUT2D eigenvalue weighted by Crippen LogP contribution is 2.29. The van der Waals surface area contributed by atoms with Crippen LogP contribution in [0, 0.1) is 0 Å². The molecule has 2 aromatic carbocycles. The molecule has 0 saturated heterocycles. The number of thiazole rings is 1. The molecule has 4 aromatic rings. The Kier molecular flexibility index (Phi) is 6.37. The molecule has 0 spiro atoms. The number of ether oxygens (including phenoxy) is 1. The summed E-state index contributed by atoms with van der Waals surface area (Å²) >= 11 is 7.59. The lowest BCUT2D eigenvalue weighted by Gasteiger charge is -2.09. The van der Waals surface area contributed by atoms with E-state index in [0.29, 0.717) is 16.5 Å². The first-order chi connectivity index (χ1) is 14.7. The second kappa shape index (κ2) is 9.52. The van der Waals surface area contributed by atoms with Crippen LogP contribution < -0.4 is 10.1 Å². The van der Waals surface area contributed by atoms with Crippen molar-refractivity contribution < 1.29 is 9.53 Å². The number of aromatic nitrogens is 2. The van der Waals surface area contributed by atoms with Crippen LogP contribution in [0.15, 0.2) is 78.3 Å². The largest absolute Gasteiger partial charge is 0.491 e. The van der Waals surface area contributed by atoms with Gasteiger partial charge >= 0.3 is 0 Å². The fraction of sp³-hybridized carbons (Fsp3) is 0.0870. The molecule has 7 heteroatoms. The van der Waals surface area contributed by atoms with E-state index in [1.165, 1.54) is 11.3 Å². The van der Waals surface area contributed by atoms with Gasteiger partial charge in [-0.25, -0.2) is 4.98 Å². The SMILES string of the molecule is O=C(CCOc1ccccc1Cl)Nc1cccc(-c2csc(-c3ccccn3)n2)c1. The van der Waals surface area contributed by atoms with Crippen molar-refractivity contribution in [1.82, 2.24) is 9.97 Å².